The zero-order chi connectivity index (χ0) is 24.5. The number of amides is 2. The van der Waals surface area contributed by atoms with Crippen LogP contribution < -0.4 is 14.2 Å². The summed E-state index contributed by atoms with van der Waals surface area (Å²) in [6, 6.07) is 11.6. The van der Waals surface area contributed by atoms with Crippen LogP contribution in [0.5, 0.6) is 5.75 Å². The van der Waals surface area contributed by atoms with Gasteiger partial charge in [-0.15, -0.1) is 22.7 Å². The standard InChI is InChI=1S/C23H28N4O4S3/c1-16-22(23(29)26-34(30)24-2)25-20(33-16)15-27(12-4-6-19-7-5-13-32-19)21(28)14-17-8-10-18(31-3)11-9-17/h5,7-11,13,24H,4,6,12,14-15H2,1-3H3,(H,26,29). The molecular formula is C23H28N4O4S3. The molecule has 11 heteroatoms. The first-order valence-electron chi connectivity index (χ1n) is 10.7. The van der Waals surface area contributed by atoms with Crippen LogP contribution >= 0.6 is 22.7 Å². The predicted octanol–water partition coefficient (Wildman–Crippen LogP) is 3.25. The van der Waals surface area contributed by atoms with Crippen molar-refractivity contribution in [1.29, 1.82) is 0 Å². The monoisotopic (exact) mass is 520 g/mol. The fourth-order valence-electron chi connectivity index (χ4n) is 3.30. The third-order valence-electron chi connectivity index (χ3n) is 5.05. The molecule has 1 unspecified atom stereocenters. The smallest absolute Gasteiger partial charge is 0.283 e. The average molecular weight is 521 g/mol. The first-order chi connectivity index (χ1) is 16.4. The molecule has 1 atom stereocenters. The minimum absolute atomic E-state index is 0.00788. The van der Waals surface area contributed by atoms with Gasteiger partial charge in [-0.05, 0) is 56.0 Å². The maximum atomic E-state index is 13.2. The zero-order valence-electron chi connectivity index (χ0n) is 19.3. The van der Waals surface area contributed by atoms with Crippen molar-refractivity contribution in [3.05, 3.63) is 67.8 Å². The van der Waals surface area contributed by atoms with Crippen molar-refractivity contribution in [2.45, 2.75) is 32.7 Å². The molecule has 8 nitrogen and oxygen atoms in total. The van der Waals surface area contributed by atoms with Crippen LogP contribution in [-0.4, -0.2) is 46.6 Å². The highest BCUT2D eigenvalue weighted by molar-refractivity contribution is 7.81. The molecule has 2 amide bonds. The summed E-state index contributed by atoms with van der Waals surface area (Å²) >= 11 is 1.40. The summed E-state index contributed by atoms with van der Waals surface area (Å²) in [5, 5.41) is 2.71. The molecule has 0 radical (unpaired) electrons. The van der Waals surface area contributed by atoms with Crippen LogP contribution in [0.1, 0.15) is 37.2 Å². The number of ether oxygens (including phenoxy) is 1. The number of hydrogen-bond donors (Lipinski definition) is 2. The number of nitrogens with one attached hydrogen (secondary N) is 2. The largest absolute Gasteiger partial charge is 0.497 e. The Labute approximate surface area is 210 Å². The van der Waals surface area contributed by atoms with E-state index in [0.717, 1.165) is 24.2 Å². The van der Waals surface area contributed by atoms with Gasteiger partial charge in [0.1, 0.15) is 16.5 Å². The van der Waals surface area contributed by atoms with Gasteiger partial charge in [0.15, 0.2) is 11.2 Å². The molecule has 0 fully saturated rings. The molecule has 3 rings (SSSR count). The molecule has 0 aliphatic rings. The lowest BCUT2D eigenvalue weighted by atomic mass is 10.1. The summed E-state index contributed by atoms with van der Waals surface area (Å²) in [5.41, 5.74) is 1.13. The number of nitrogens with zero attached hydrogens (tertiary/aromatic N) is 2. The van der Waals surface area contributed by atoms with Gasteiger partial charge >= 0.3 is 0 Å². The van der Waals surface area contributed by atoms with Crippen LogP contribution in [0.3, 0.4) is 0 Å². The van der Waals surface area contributed by atoms with Crippen LogP contribution in [0.2, 0.25) is 0 Å². The van der Waals surface area contributed by atoms with E-state index >= 15 is 0 Å². The predicted molar refractivity (Wildman–Crippen MR) is 136 cm³/mol. The molecule has 1 aromatic carbocycles. The third kappa shape index (κ3) is 7.45. The molecule has 2 aromatic heterocycles. The second kappa shape index (κ2) is 12.7. The van der Waals surface area contributed by atoms with Crippen molar-refractivity contribution in [1.82, 2.24) is 19.3 Å². The van der Waals surface area contributed by atoms with E-state index in [2.05, 4.69) is 20.5 Å². The Morgan fingerprint density at radius 3 is 2.62 bits per heavy atom. The third-order valence-corrected chi connectivity index (χ3v) is 7.68. The lowest BCUT2D eigenvalue weighted by Gasteiger charge is -2.22. The minimum Gasteiger partial charge on any atom is -0.497 e. The van der Waals surface area contributed by atoms with Crippen LogP contribution in [0.4, 0.5) is 0 Å². The Kier molecular flexibility index (Phi) is 9.75. The van der Waals surface area contributed by atoms with Crippen molar-refractivity contribution in [3.63, 3.8) is 0 Å². The van der Waals surface area contributed by atoms with Crippen molar-refractivity contribution < 1.29 is 18.5 Å². The Morgan fingerprint density at radius 1 is 1.21 bits per heavy atom. The fraction of sp³-hybridized carbons (Fsp3) is 0.348. The van der Waals surface area contributed by atoms with Gasteiger partial charge in [0.25, 0.3) is 5.91 Å². The summed E-state index contributed by atoms with van der Waals surface area (Å²) in [7, 11) is 3.09. The minimum atomic E-state index is -1.68. The van der Waals surface area contributed by atoms with E-state index in [1.54, 1.807) is 30.3 Å². The fourth-order valence-corrected chi connectivity index (χ4v) is 5.36. The van der Waals surface area contributed by atoms with Crippen molar-refractivity contribution in [2.24, 2.45) is 0 Å². The lowest BCUT2D eigenvalue weighted by Crippen LogP contribution is -2.34. The average Bonchev–Trinajstić information content (AvgIpc) is 3.48. The number of thiazole rings is 1. The van der Waals surface area contributed by atoms with E-state index in [4.69, 9.17) is 4.74 Å². The Bertz CT molecular complexity index is 1110. The van der Waals surface area contributed by atoms with Crippen LogP contribution in [-0.2, 0) is 35.4 Å². The van der Waals surface area contributed by atoms with E-state index in [-0.39, 0.29) is 18.0 Å². The van der Waals surface area contributed by atoms with Gasteiger partial charge in [-0.25, -0.2) is 13.9 Å². The molecule has 3 aromatic rings. The number of carbonyl (C=O) groups is 2. The van der Waals surface area contributed by atoms with Gasteiger partial charge < -0.3 is 9.64 Å². The Hall–Kier alpha value is -2.60. The van der Waals surface area contributed by atoms with Crippen LogP contribution in [0.25, 0.3) is 0 Å². The van der Waals surface area contributed by atoms with Gasteiger partial charge in [-0.2, -0.15) is 0 Å². The maximum absolute atomic E-state index is 13.2. The molecular weight excluding hydrogens is 492 g/mol. The van der Waals surface area contributed by atoms with E-state index < -0.39 is 17.1 Å². The number of hydrogen-bond acceptors (Lipinski definition) is 7. The number of carbonyl (C=O) groups excluding carboxylic acids is 2. The first kappa shape index (κ1) is 26.0. The maximum Gasteiger partial charge on any atom is 0.283 e. The van der Waals surface area contributed by atoms with E-state index in [1.807, 2.05) is 35.7 Å². The van der Waals surface area contributed by atoms with E-state index in [1.165, 1.54) is 23.3 Å². The molecule has 34 heavy (non-hydrogen) atoms. The molecule has 2 heterocycles. The summed E-state index contributed by atoms with van der Waals surface area (Å²) < 4.78 is 21.6. The van der Waals surface area contributed by atoms with Gasteiger partial charge in [0, 0.05) is 16.3 Å². The van der Waals surface area contributed by atoms with E-state index in [0.29, 0.717) is 23.0 Å². The van der Waals surface area contributed by atoms with Crippen LogP contribution in [0, 0.1) is 6.92 Å². The zero-order valence-corrected chi connectivity index (χ0v) is 21.8. The summed E-state index contributed by atoms with van der Waals surface area (Å²) in [6.07, 6.45) is 1.99. The second-order valence-corrected chi connectivity index (χ2v) is 10.9. The number of methoxy groups -OCH3 is 1. The van der Waals surface area contributed by atoms with Gasteiger partial charge in [0.2, 0.25) is 5.91 Å². The van der Waals surface area contributed by atoms with Crippen molar-refractivity contribution in [3.8, 4) is 5.75 Å². The SMILES string of the molecule is CNS(=O)NC(=O)c1nc(CN(CCCc2cccs2)C(=O)Cc2ccc(OC)cc2)sc1C. The van der Waals surface area contributed by atoms with Gasteiger partial charge in [0.05, 0.1) is 20.1 Å². The molecule has 0 aliphatic carbocycles. The molecule has 182 valence electrons. The lowest BCUT2D eigenvalue weighted by molar-refractivity contribution is -0.131. The summed E-state index contributed by atoms with van der Waals surface area (Å²) in [5.74, 6) is 0.222. The number of benzene rings is 1. The van der Waals surface area contributed by atoms with Crippen molar-refractivity contribution in [2.75, 3.05) is 20.7 Å². The number of rotatable bonds is 12. The highest BCUT2D eigenvalue weighted by Crippen LogP contribution is 2.21. The number of thiophene rings is 1. The van der Waals surface area contributed by atoms with Gasteiger partial charge in [-0.3, -0.25) is 14.3 Å². The number of aromatic nitrogens is 1. The van der Waals surface area contributed by atoms with Crippen LogP contribution in [0.15, 0.2) is 41.8 Å². The molecule has 0 aliphatic heterocycles. The molecule has 0 spiro atoms. The second-order valence-electron chi connectivity index (χ2n) is 7.44. The molecule has 0 saturated heterocycles. The van der Waals surface area contributed by atoms with E-state index in [9.17, 15) is 13.8 Å². The normalized spacial score (nSPS) is 11.7. The highest BCUT2D eigenvalue weighted by Gasteiger charge is 2.21. The number of aryl methyl sites for hydroxylation is 2. The topological polar surface area (TPSA) is 101 Å². The quantitative estimate of drug-likeness (QED) is 0.382. The highest BCUT2D eigenvalue weighted by atomic mass is 32.2. The van der Waals surface area contributed by atoms with Gasteiger partial charge in [-0.1, -0.05) is 18.2 Å². The molecule has 0 bridgehead atoms. The Morgan fingerprint density at radius 2 is 1.97 bits per heavy atom. The Balaban J connectivity index is 1.71. The molecule has 2 N–H and O–H groups in total. The van der Waals surface area contributed by atoms with Crippen molar-refractivity contribution >= 4 is 45.7 Å². The summed E-state index contributed by atoms with van der Waals surface area (Å²) in [6.45, 7) is 2.68. The molecule has 0 saturated carbocycles. The summed E-state index contributed by atoms with van der Waals surface area (Å²) in [4.78, 5) is 33.8. The first-order valence-corrected chi connectivity index (χ1v) is 13.5.